The molecule has 3 atom stereocenters. The summed E-state index contributed by atoms with van der Waals surface area (Å²) in [6, 6.07) is 5.18. The first-order chi connectivity index (χ1) is 9.27. The van der Waals surface area contributed by atoms with E-state index in [-0.39, 0.29) is 5.82 Å². The maximum absolute atomic E-state index is 13.5. The van der Waals surface area contributed by atoms with E-state index in [2.05, 4.69) is 43.6 Å². The van der Waals surface area contributed by atoms with E-state index in [0.29, 0.717) is 16.2 Å². The molecule has 1 aromatic rings. The van der Waals surface area contributed by atoms with Gasteiger partial charge in [-0.1, -0.05) is 42.8 Å². The van der Waals surface area contributed by atoms with E-state index in [1.807, 2.05) is 6.07 Å². The second kappa shape index (κ2) is 6.17. The molecule has 0 nitrogen and oxygen atoms in total. The Labute approximate surface area is 131 Å². The van der Waals surface area contributed by atoms with Crippen molar-refractivity contribution in [3.05, 3.63) is 35.1 Å². The highest BCUT2D eigenvalue weighted by molar-refractivity contribution is 9.09. The van der Waals surface area contributed by atoms with Gasteiger partial charge in [0.05, 0.1) is 0 Å². The van der Waals surface area contributed by atoms with Gasteiger partial charge in [0.2, 0.25) is 0 Å². The molecule has 0 heterocycles. The molecule has 0 radical (unpaired) electrons. The largest absolute Gasteiger partial charge is 0.207 e. The summed E-state index contributed by atoms with van der Waals surface area (Å²) in [5.74, 6) is 1.28. The smallest absolute Gasteiger partial charge is 0.123 e. The fourth-order valence-corrected chi connectivity index (χ4v) is 4.03. The summed E-state index contributed by atoms with van der Waals surface area (Å²) in [6.45, 7) is 9.12. The van der Waals surface area contributed by atoms with Gasteiger partial charge >= 0.3 is 0 Å². The van der Waals surface area contributed by atoms with Gasteiger partial charge in [-0.05, 0) is 73.1 Å². The van der Waals surface area contributed by atoms with Crippen LogP contribution in [0.25, 0.3) is 0 Å². The molecule has 0 saturated heterocycles. The van der Waals surface area contributed by atoms with E-state index in [1.165, 1.54) is 30.4 Å². The predicted molar refractivity (Wildman–Crippen MR) is 87.8 cm³/mol. The maximum Gasteiger partial charge on any atom is 0.123 e. The molecule has 112 valence electrons. The Bertz CT molecular complexity index is 461. The fraction of sp³-hybridized carbons (Fsp3) is 0.667. The Kier molecular flexibility index (Phi) is 4.94. The van der Waals surface area contributed by atoms with Gasteiger partial charge in [-0.3, -0.25) is 0 Å². The van der Waals surface area contributed by atoms with Gasteiger partial charge in [0.25, 0.3) is 0 Å². The first kappa shape index (κ1) is 16.0. The third-order valence-electron chi connectivity index (χ3n) is 4.91. The minimum Gasteiger partial charge on any atom is -0.207 e. The van der Waals surface area contributed by atoms with Crippen molar-refractivity contribution in [3.63, 3.8) is 0 Å². The predicted octanol–water partition coefficient (Wildman–Crippen LogP) is 5.90. The van der Waals surface area contributed by atoms with E-state index >= 15 is 0 Å². The van der Waals surface area contributed by atoms with E-state index in [1.54, 1.807) is 12.1 Å². The average molecular weight is 341 g/mol. The second-order valence-electron chi connectivity index (χ2n) is 7.43. The molecular weight excluding hydrogens is 315 g/mol. The van der Waals surface area contributed by atoms with Crippen LogP contribution in [0.2, 0.25) is 0 Å². The van der Waals surface area contributed by atoms with Crippen molar-refractivity contribution in [1.29, 1.82) is 0 Å². The molecule has 0 bridgehead atoms. The topological polar surface area (TPSA) is 0 Å². The van der Waals surface area contributed by atoms with Crippen molar-refractivity contribution in [2.24, 2.45) is 17.3 Å². The SMILES string of the molecule is Cc1ccc(F)cc1CC1CC(C(C)(C)C)CCC1Br. The summed E-state index contributed by atoms with van der Waals surface area (Å²) in [6.07, 6.45) is 4.78. The number of alkyl halides is 1. The van der Waals surface area contributed by atoms with Crippen LogP contribution in [-0.2, 0) is 6.42 Å². The number of halogens is 2. The first-order valence-electron chi connectivity index (χ1n) is 7.66. The Hall–Kier alpha value is -0.370. The minimum atomic E-state index is -0.111. The zero-order chi connectivity index (χ0) is 14.9. The Morgan fingerprint density at radius 1 is 1.25 bits per heavy atom. The van der Waals surface area contributed by atoms with E-state index in [9.17, 15) is 4.39 Å². The quantitative estimate of drug-likeness (QED) is 0.587. The lowest BCUT2D eigenvalue weighted by molar-refractivity contribution is 0.146. The zero-order valence-electron chi connectivity index (χ0n) is 13.0. The van der Waals surface area contributed by atoms with Gasteiger partial charge in [-0.25, -0.2) is 4.39 Å². The lowest BCUT2D eigenvalue weighted by Gasteiger charge is -2.40. The summed E-state index contributed by atoms with van der Waals surface area (Å²) in [7, 11) is 0. The van der Waals surface area contributed by atoms with E-state index < -0.39 is 0 Å². The van der Waals surface area contributed by atoms with Crippen molar-refractivity contribution >= 4 is 15.9 Å². The summed E-state index contributed by atoms with van der Waals surface area (Å²) in [4.78, 5) is 0.573. The molecule has 1 aliphatic carbocycles. The Balaban J connectivity index is 2.12. The van der Waals surface area contributed by atoms with E-state index in [0.717, 1.165) is 12.3 Å². The third-order valence-corrected chi connectivity index (χ3v) is 6.11. The molecular formula is C18H26BrF. The summed E-state index contributed by atoms with van der Waals surface area (Å²) in [5, 5.41) is 0. The lowest BCUT2D eigenvalue weighted by atomic mass is 9.68. The van der Waals surface area contributed by atoms with Crippen LogP contribution < -0.4 is 0 Å². The van der Waals surface area contributed by atoms with Gasteiger partial charge in [-0.15, -0.1) is 0 Å². The fourth-order valence-electron chi connectivity index (χ4n) is 3.37. The summed E-state index contributed by atoms with van der Waals surface area (Å²) >= 11 is 3.86. The van der Waals surface area contributed by atoms with Crippen LogP contribution in [0.5, 0.6) is 0 Å². The summed E-state index contributed by atoms with van der Waals surface area (Å²) < 4.78 is 13.5. The number of hydrogen-bond donors (Lipinski definition) is 0. The van der Waals surface area contributed by atoms with Gasteiger partial charge in [0.15, 0.2) is 0 Å². The summed E-state index contributed by atoms with van der Waals surface area (Å²) in [5.41, 5.74) is 2.76. The van der Waals surface area contributed by atoms with Gasteiger partial charge < -0.3 is 0 Å². The normalized spacial score (nSPS) is 27.6. The minimum absolute atomic E-state index is 0.111. The molecule has 0 amide bonds. The number of aryl methyl sites for hydroxylation is 1. The monoisotopic (exact) mass is 340 g/mol. The molecule has 0 aliphatic heterocycles. The van der Waals surface area contributed by atoms with Crippen LogP contribution in [0.1, 0.15) is 51.2 Å². The standard InChI is InChI=1S/C18H26BrF/c1-12-5-7-16(20)11-13(12)9-14-10-15(18(2,3)4)6-8-17(14)19/h5,7,11,14-15,17H,6,8-10H2,1-4H3. The van der Waals surface area contributed by atoms with E-state index in [4.69, 9.17) is 0 Å². The zero-order valence-corrected chi connectivity index (χ0v) is 14.6. The van der Waals surface area contributed by atoms with Crippen LogP contribution in [-0.4, -0.2) is 4.83 Å². The van der Waals surface area contributed by atoms with Gasteiger partial charge in [0.1, 0.15) is 5.82 Å². The number of benzene rings is 1. The second-order valence-corrected chi connectivity index (χ2v) is 8.60. The van der Waals surface area contributed by atoms with Crippen molar-refractivity contribution in [2.45, 2.75) is 58.2 Å². The van der Waals surface area contributed by atoms with Crippen LogP contribution in [0, 0.1) is 30.0 Å². The molecule has 0 spiro atoms. The molecule has 1 fully saturated rings. The molecule has 1 aromatic carbocycles. The Morgan fingerprint density at radius 3 is 2.60 bits per heavy atom. The van der Waals surface area contributed by atoms with Crippen molar-refractivity contribution in [3.8, 4) is 0 Å². The van der Waals surface area contributed by atoms with Gasteiger partial charge in [0, 0.05) is 4.83 Å². The molecule has 20 heavy (non-hydrogen) atoms. The Morgan fingerprint density at radius 2 is 1.95 bits per heavy atom. The average Bonchev–Trinajstić information content (AvgIpc) is 2.35. The molecule has 2 rings (SSSR count). The first-order valence-corrected chi connectivity index (χ1v) is 8.58. The van der Waals surface area contributed by atoms with Crippen LogP contribution in [0.3, 0.4) is 0 Å². The van der Waals surface area contributed by atoms with Crippen molar-refractivity contribution < 1.29 is 4.39 Å². The highest BCUT2D eigenvalue weighted by atomic mass is 79.9. The van der Waals surface area contributed by atoms with Gasteiger partial charge in [-0.2, -0.15) is 0 Å². The number of rotatable bonds is 2. The maximum atomic E-state index is 13.5. The van der Waals surface area contributed by atoms with Crippen LogP contribution in [0.4, 0.5) is 4.39 Å². The molecule has 2 heteroatoms. The van der Waals surface area contributed by atoms with Crippen molar-refractivity contribution in [1.82, 2.24) is 0 Å². The third kappa shape index (κ3) is 3.84. The van der Waals surface area contributed by atoms with Crippen LogP contribution >= 0.6 is 15.9 Å². The highest BCUT2D eigenvalue weighted by Crippen LogP contribution is 2.43. The lowest BCUT2D eigenvalue weighted by Crippen LogP contribution is -2.33. The highest BCUT2D eigenvalue weighted by Gasteiger charge is 2.34. The van der Waals surface area contributed by atoms with Crippen LogP contribution in [0.15, 0.2) is 18.2 Å². The number of hydrogen-bond acceptors (Lipinski definition) is 0. The molecule has 3 unspecified atom stereocenters. The molecule has 1 aliphatic rings. The molecule has 0 N–H and O–H groups in total. The molecule has 1 saturated carbocycles. The van der Waals surface area contributed by atoms with Crippen molar-refractivity contribution in [2.75, 3.05) is 0 Å². The molecule has 0 aromatic heterocycles.